The molecule has 0 aliphatic heterocycles. The quantitative estimate of drug-likeness (QED) is 0.498. The standard InChI is InChI=1S/C12H22/c1(3-5-11-7-8-11)2-4-6-12-9-10-12/h11-12H,1-10H2. The van der Waals surface area contributed by atoms with Crippen molar-refractivity contribution in [3.8, 4) is 0 Å². The van der Waals surface area contributed by atoms with Crippen LogP contribution in [0.4, 0.5) is 0 Å². The summed E-state index contributed by atoms with van der Waals surface area (Å²) < 4.78 is 0. The van der Waals surface area contributed by atoms with E-state index in [-0.39, 0.29) is 0 Å². The molecule has 0 spiro atoms. The van der Waals surface area contributed by atoms with Gasteiger partial charge in [-0.3, -0.25) is 0 Å². The Morgan fingerprint density at radius 1 is 0.583 bits per heavy atom. The number of hydrogen-bond donors (Lipinski definition) is 0. The van der Waals surface area contributed by atoms with E-state index >= 15 is 0 Å². The maximum Gasteiger partial charge on any atom is -0.0414 e. The predicted molar refractivity (Wildman–Crippen MR) is 53.2 cm³/mol. The molecule has 0 atom stereocenters. The summed E-state index contributed by atoms with van der Waals surface area (Å²) >= 11 is 0. The summed E-state index contributed by atoms with van der Waals surface area (Å²) in [5.74, 6) is 2.32. The Labute approximate surface area is 76.7 Å². The molecule has 2 fully saturated rings. The second-order valence-electron chi connectivity index (χ2n) is 4.88. The molecule has 2 saturated carbocycles. The Morgan fingerprint density at radius 2 is 1.00 bits per heavy atom. The minimum atomic E-state index is 1.16. The summed E-state index contributed by atoms with van der Waals surface area (Å²) in [6.45, 7) is 0. The van der Waals surface area contributed by atoms with Crippen LogP contribution in [0.2, 0.25) is 0 Å². The second kappa shape index (κ2) is 4.30. The third kappa shape index (κ3) is 3.60. The van der Waals surface area contributed by atoms with Gasteiger partial charge in [0.25, 0.3) is 0 Å². The van der Waals surface area contributed by atoms with E-state index in [0.29, 0.717) is 0 Å². The molecular weight excluding hydrogens is 144 g/mol. The predicted octanol–water partition coefficient (Wildman–Crippen LogP) is 4.15. The maximum absolute atomic E-state index is 1.55. The molecule has 0 bridgehead atoms. The van der Waals surface area contributed by atoms with E-state index < -0.39 is 0 Å². The Hall–Kier alpha value is 0. The van der Waals surface area contributed by atoms with Gasteiger partial charge in [0.15, 0.2) is 0 Å². The Kier molecular flexibility index (Phi) is 3.08. The highest BCUT2D eigenvalue weighted by Crippen LogP contribution is 2.35. The molecule has 2 aliphatic rings. The zero-order chi connectivity index (χ0) is 8.23. The third-order valence-corrected chi connectivity index (χ3v) is 3.37. The molecule has 0 heterocycles. The van der Waals surface area contributed by atoms with Crippen LogP contribution >= 0.6 is 0 Å². The van der Waals surface area contributed by atoms with Gasteiger partial charge in [-0.25, -0.2) is 0 Å². The highest BCUT2D eigenvalue weighted by atomic mass is 14.3. The first-order valence-electron chi connectivity index (χ1n) is 5.95. The molecule has 0 heteroatoms. The average molecular weight is 166 g/mol. The van der Waals surface area contributed by atoms with Crippen LogP contribution in [0.1, 0.15) is 64.2 Å². The fourth-order valence-electron chi connectivity index (χ4n) is 2.03. The van der Waals surface area contributed by atoms with Crippen molar-refractivity contribution in [3.05, 3.63) is 0 Å². The van der Waals surface area contributed by atoms with E-state index in [9.17, 15) is 0 Å². The molecule has 0 radical (unpaired) electrons. The largest absolute Gasteiger partial charge is 0.0533 e. The molecule has 0 aromatic carbocycles. The van der Waals surface area contributed by atoms with Gasteiger partial charge in [-0.05, 0) is 11.8 Å². The lowest BCUT2D eigenvalue weighted by Crippen LogP contribution is -1.82. The average Bonchev–Trinajstić information content (AvgIpc) is 2.89. The van der Waals surface area contributed by atoms with E-state index in [1.165, 1.54) is 25.7 Å². The summed E-state index contributed by atoms with van der Waals surface area (Å²) in [5.41, 5.74) is 0. The molecular formula is C12H22. The smallest absolute Gasteiger partial charge is 0.0414 e. The lowest BCUT2D eigenvalue weighted by Gasteiger charge is -1.99. The van der Waals surface area contributed by atoms with Crippen molar-refractivity contribution in [2.45, 2.75) is 64.2 Å². The van der Waals surface area contributed by atoms with Crippen molar-refractivity contribution in [1.82, 2.24) is 0 Å². The summed E-state index contributed by atoms with van der Waals surface area (Å²) in [6.07, 6.45) is 15.3. The first-order valence-corrected chi connectivity index (χ1v) is 5.95. The molecule has 0 aromatic rings. The van der Waals surface area contributed by atoms with Gasteiger partial charge >= 0.3 is 0 Å². The van der Waals surface area contributed by atoms with Crippen LogP contribution in [0.5, 0.6) is 0 Å². The molecule has 2 aliphatic carbocycles. The van der Waals surface area contributed by atoms with Gasteiger partial charge in [-0.1, -0.05) is 64.2 Å². The van der Waals surface area contributed by atoms with Crippen molar-refractivity contribution in [1.29, 1.82) is 0 Å². The van der Waals surface area contributed by atoms with Crippen molar-refractivity contribution >= 4 is 0 Å². The number of unbranched alkanes of at least 4 members (excludes halogenated alkanes) is 3. The molecule has 2 rings (SSSR count). The van der Waals surface area contributed by atoms with Gasteiger partial charge in [-0.15, -0.1) is 0 Å². The van der Waals surface area contributed by atoms with Crippen molar-refractivity contribution in [2.75, 3.05) is 0 Å². The van der Waals surface area contributed by atoms with Crippen LogP contribution in [-0.4, -0.2) is 0 Å². The first-order chi connectivity index (χ1) is 5.95. The first kappa shape index (κ1) is 8.59. The fourth-order valence-corrected chi connectivity index (χ4v) is 2.03. The summed E-state index contributed by atoms with van der Waals surface area (Å²) in [4.78, 5) is 0. The van der Waals surface area contributed by atoms with Gasteiger partial charge in [0.1, 0.15) is 0 Å². The molecule has 0 unspecified atom stereocenters. The van der Waals surface area contributed by atoms with E-state index in [1.54, 1.807) is 38.5 Å². The van der Waals surface area contributed by atoms with E-state index in [1.807, 2.05) is 0 Å². The van der Waals surface area contributed by atoms with E-state index in [4.69, 9.17) is 0 Å². The Morgan fingerprint density at radius 3 is 1.33 bits per heavy atom. The summed E-state index contributed by atoms with van der Waals surface area (Å²) in [5, 5.41) is 0. The second-order valence-corrected chi connectivity index (χ2v) is 4.88. The molecule has 0 nitrogen and oxygen atoms in total. The highest BCUT2D eigenvalue weighted by molar-refractivity contribution is 4.73. The number of hydrogen-bond acceptors (Lipinski definition) is 0. The topological polar surface area (TPSA) is 0 Å². The maximum atomic E-state index is 1.55. The highest BCUT2D eigenvalue weighted by Gasteiger charge is 2.21. The van der Waals surface area contributed by atoms with E-state index in [0.717, 1.165) is 11.8 Å². The van der Waals surface area contributed by atoms with Crippen LogP contribution in [0.25, 0.3) is 0 Å². The van der Waals surface area contributed by atoms with Crippen LogP contribution in [0, 0.1) is 11.8 Å². The minimum Gasteiger partial charge on any atom is -0.0533 e. The summed E-state index contributed by atoms with van der Waals surface area (Å²) in [6, 6.07) is 0. The van der Waals surface area contributed by atoms with Crippen LogP contribution in [-0.2, 0) is 0 Å². The normalized spacial score (nSPS) is 23.0. The monoisotopic (exact) mass is 166 g/mol. The van der Waals surface area contributed by atoms with Gasteiger partial charge < -0.3 is 0 Å². The number of rotatable bonds is 7. The van der Waals surface area contributed by atoms with Crippen LogP contribution in [0.15, 0.2) is 0 Å². The molecule has 0 N–H and O–H groups in total. The molecule has 0 amide bonds. The van der Waals surface area contributed by atoms with Gasteiger partial charge in [0.05, 0.1) is 0 Å². The van der Waals surface area contributed by atoms with Crippen LogP contribution in [0.3, 0.4) is 0 Å². The van der Waals surface area contributed by atoms with Gasteiger partial charge in [-0.2, -0.15) is 0 Å². The molecule has 0 saturated heterocycles. The summed E-state index contributed by atoms with van der Waals surface area (Å²) in [7, 11) is 0. The van der Waals surface area contributed by atoms with Crippen molar-refractivity contribution in [2.24, 2.45) is 11.8 Å². The van der Waals surface area contributed by atoms with Gasteiger partial charge in [0.2, 0.25) is 0 Å². The zero-order valence-electron chi connectivity index (χ0n) is 8.23. The SMILES string of the molecule is C(CCCC1CC1)CCC1CC1. The van der Waals surface area contributed by atoms with Crippen molar-refractivity contribution in [3.63, 3.8) is 0 Å². The Bertz CT molecular complexity index is 104. The fraction of sp³-hybridized carbons (Fsp3) is 1.00. The lowest BCUT2D eigenvalue weighted by molar-refractivity contribution is 0.555. The van der Waals surface area contributed by atoms with Crippen LogP contribution < -0.4 is 0 Å². The molecule has 0 aromatic heterocycles. The van der Waals surface area contributed by atoms with E-state index in [2.05, 4.69) is 0 Å². The third-order valence-electron chi connectivity index (χ3n) is 3.37. The minimum absolute atomic E-state index is 1.16. The Balaban J connectivity index is 1.31. The molecule has 70 valence electrons. The molecule has 12 heavy (non-hydrogen) atoms. The van der Waals surface area contributed by atoms with Crippen molar-refractivity contribution < 1.29 is 0 Å². The lowest BCUT2D eigenvalue weighted by atomic mass is 10.1. The zero-order valence-corrected chi connectivity index (χ0v) is 8.23. The van der Waals surface area contributed by atoms with Gasteiger partial charge in [0, 0.05) is 0 Å².